The minimum atomic E-state index is -0.787. The van der Waals surface area contributed by atoms with Crippen LogP contribution in [0.4, 0.5) is 5.69 Å². The van der Waals surface area contributed by atoms with Crippen LogP contribution in [-0.4, -0.2) is 50.0 Å². The molecule has 0 radical (unpaired) electrons. The quantitative estimate of drug-likeness (QED) is 0.742. The van der Waals surface area contributed by atoms with Gasteiger partial charge in [0.05, 0.1) is 19.3 Å². The molecule has 1 saturated heterocycles. The molecule has 1 aliphatic rings. The van der Waals surface area contributed by atoms with Gasteiger partial charge in [0.2, 0.25) is 0 Å². The second-order valence-corrected chi connectivity index (χ2v) is 7.10. The standard InChI is InChI=1S/C21H25ClN2O4/c1-15(28-19-8-4-17(22)5-9-19)21(26)23-14-20(25)16-2-6-18(7-3-16)24-10-12-27-13-11-24/h2-9,15,20,25H,10-14H2,1H3,(H,23,26). The SMILES string of the molecule is CC(Oc1ccc(Cl)cc1)C(=O)NCC(O)c1ccc(N2CCOCC2)cc1. The summed E-state index contributed by atoms with van der Waals surface area (Å²) in [5.41, 5.74) is 1.86. The minimum absolute atomic E-state index is 0.115. The molecule has 0 aromatic heterocycles. The van der Waals surface area contributed by atoms with Crippen LogP contribution in [0.2, 0.25) is 5.02 Å². The van der Waals surface area contributed by atoms with Crippen molar-refractivity contribution >= 4 is 23.2 Å². The second-order valence-electron chi connectivity index (χ2n) is 6.67. The van der Waals surface area contributed by atoms with E-state index in [1.165, 1.54) is 0 Å². The lowest BCUT2D eigenvalue weighted by atomic mass is 10.1. The number of hydrogen-bond donors (Lipinski definition) is 2. The van der Waals surface area contributed by atoms with E-state index < -0.39 is 12.2 Å². The molecule has 0 bridgehead atoms. The monoisotopic (exact) mass is 404 g/mol. The van der Waals surface area contributed by atoms with Crippen molar-refractivity contribution < 1.29 is 19.4 Å². The number of ether oxygens (including phenoxy) is 2. The summed E-state index contributed by atoms with van der Waals surface area (Å²) in [5, 5.41) is 13.7. The normalized spacial score (nSPS) is 16.3. The van der Waals surface area contributed by atoms with Crippen LogP contribution < -0.4 is 15.0 Å². The average molecular weight is 405 g/mol. The van der Waals surface area contributed by atoms with Crippen molar-refractivity contribution in [1.82, 2.24) is 5.32 Å². The van der Waals surface area contributed by atoms with E-state index in [2.05, 4.69) is 10.2 Å². The first-order valence-electron chi connectivity index (χ1n) is 9.33. The topological polar surface area (TPSA) is 71.0 Å². The molecule has 2 N–H and O–H groups in total. The van der Waals surface area contributed by atoms with E-state index in [9.17, 15) is 9.90 Å². The van der Waals surface area contributed by atoms with Crippen molar-refractivity contribution in [3.63, 3.8) is 0 Å². The molecule has 2 aromatic rings. The van der Waals surface area contributed by atoms with E-state index in [1.54, 1.807) is 31.2 Å². The molecule has 1 fully saturated rings. The number of anilines is 1. The molecule has 150 valence electrons. The van der Waals surface area contributed by atoms with Crippen molar-refractivity contribution in [2.75, 3.05) is 37.7 Å². The number of aliphatic hydroxyl groups is 1. The van der Waals surface area contributed by atoms with Crippen LogP contribution in [0.25, 0.3) is 0 Å². The fourth-order valence-corrected chi connectivity index (χ4v) is 3.08. The van der Waals surface area contributed by atoms with Crippen molar-refractivity contribution in [2.24, 2.45) is 0 Å². The Morgan fingerprint density at radius 2 is 1.82 bits per heavy atom. The van der Waals surface area contributed by atoms with E-state index in [0.717, 1.165) is 37.6 Å². The highest BCUT2D eigenvalue weighted by atomic mass is 35.5. The van der Waals surface area contributed by atoms with Gasteiger partial charge in [0.25, 0.3) is 5.91 Å². The number of nitrogens with one attached hydrogen (secondary N) is 1. The lowest BCUT2D eigenvalue weighted by Gasteiger charge is -2.29. The van der Waals surface area contributed by atoms with Gasteiger partial charge in [-0.1, -0.05) is 23.7 Å². The molecular weight excluding hydrogens is 380 g/mol. The highest BCUT2D eigenvalue weighted by Crippen LogP contribution is 2.20. The minimum Gasteiger partial charge on any atom is -0.481 e. The van der Waals surface area contributed by atoms with E-state index in [-0.39, 0.29) is 12.5 Å². The van der Waals surface area contributed by atoms with Crippen molar-refractivity contribution in [2.45, 2.75) is 19.1 Å². The number of carbonyl (C=O) groups is 1. The van der Waals surface area contributed by atoms with Crippen LogP contribution >= 0.6 is 11.6 Å². The third kappa shape index (κ3) is 5.61. The smallest absolute Gasteiger partial charge is 0.260 e. The van der Waals surface area contributed by atoms with Crippen LogP contribution in [0, 0.1) is 0 Å². The molecule has 1 heterocycles. The van der Waals surface area contributed by atoms with Gasteiger partial charge in [-0.3, -0.25) is 4.79 Å². The van der Waals surface area contributed by atoms with Gasteiger partial charge in [-0.25, -0.2) is 0 Å². The van der Waals surface area contributed by atoms with Gasteiger partial charge in [-0.2, -0.15) is 0 Å². The summed E-state index contributed by atoms with van der Waals surface area (Å²) in [6.07, 6.45) is -1.47. The first kappa shape index (κ1) is 20.5. The average Bonchev–Trinajstić information content (AvgIpc) is 2.74. The van der Waals surface area contributed by atoms with Crippen LogP contribution in [0.5, 0.6) is 5.75 Å². The zero-order chi connectivity index (χ0) is 19.9. The summed E-state index contributed by atoms with van der Waals surface area (Å²) in [6, 6.07) is 14.5. The maximum absolute atomic E-state index is 12.2. The molecule has 1 amide bonds. The highest BCUT2D eigenvalue weighted by molar-refractivity contribution is 6.30. The Labute approximate surface area is 170 Å². The summed E-state index contributed by atoms with van der Waals surface area (Å²) in [4.78, 5) is 14.5. The zero-order valence-corrected chi connectivity index (χ0v) is 16.6. The number of morpholine rings is 1. The van der Waals surface area contributed by atoms with Gasteiger partial charge < -0.3 is 24.8 Å². The van der Waals surface area contributed by atoms with Crippen molar-refractivity contribution in [1.29, 1.82) is 0 Å². The van der Waals surface area contributed by atoms with E-state index in [1.807, 2.05) is 24.3 Å². The fraction of sp³-hybridized carbons (Fsp3) is 0.381. The third-order valence-electron chi connectivity index (χ3n) is 4.62. The lowest BCUT2D eigenvalue weighted by Crippen LogP contribution is -2.38. The molecule has 1 aliphatic heterocycles. The molecule has 2 atom stereocenters. The Morgan fingerprint density at radius 1 is 1.18 bits per heavy atom. The highest BCUT2D eigenvalue weighted by Gasteiger charge is 2.17. The van der Waals surface area contributed by atoms with Gasteiger partial charge in [0.1, 0.15) is 5.75 Å². The van der Waals surface area contributed by atoms with Crippen LogP contribution in [-0.2, 0) is 9.53 Å². The zero-order valence-electron chi connectivity index (χ0n) is 15.8. The lowest BCUT2D eigenvalue weighted by molar-refractivity contribution is -0.127. The molecule has 28 heavy (non-hydrogen) atoms. The van der Waals surface area contributed by atoms with Gasteiger partial charge in [-0.15, -0.1) is 0 Å². The second kappa shape index (κ2) is 9.78. The number of hydrogen-bond acceptors (Lipinski definition) is 5. The maximum Gasteiger partial charge on any atom is 0.260 e. The van der Waals surface area contributed by atoms with E-state index in [0.29, 0.717) is 10.8 Å². The van der Waals surface area contributed by atoms with Gasteiger partial charge in [0.15, 0.2) is 6.10 Å². The van der Waals surface area contributed by atoms with Crippen molar-refractivity contribution in [3.05, 3.63) is 59.1 Å². The van der Waals surface area contributed by atoms with Crippen LogP contribution in [0.3, 0.4) is 0 Å². The number of halogens is 1. The molecule has 7 heteroatoms. The van der Waals surface area contributed by atoms with Gasteiger partial charge in [-0.05, 0) is 48.9 Å². The molecule has 3 rings (SSSR count). The summed E-state index contributed by atoms with van der Waals surface area (Å²) in [5.74, 6) is 0.269. The largest absolute Gasteiger partial charge is 0.481 e. The first-order chi connectivity index (χ1) is 13.5. The molecule has 2 unspecified atom stereocenters. The molecule has 0 saturated carbocycles. The first-order valence-corrected chi connectivity index (χ1v) is 9.71. The van der Waals surface area contributed by atoms with E-state index in [4.69, 9.17) is 21.1 Å². The van der Waals surface area contributed by atoms with Crippen molar-refractivity contribution in [3.8, 4) is 5.75 Å². The Bertz CT molecular complexity index is 761. The molecule has 0 aliphatic carbocycles. The van der Waals surface area contributed by atoms with E-state index >= 15 is 0 Å². The molecule has 6 nitrogen and oxygen atoms in total. The Morgan fingerprint density at radius 3 is 2.46 bits per heavy atom. The molecular formula is C21H25ClN2O4. The number of rotatable bonds is 7. The van der Waals surface area contributed by atoms with Crippen LogP contribution in [0.1, 0.15) is 18.6 Å². The van der Waals surface area contributed by atoms with Gasteiger partial charge in [0, 0.05) is 30.3 Å². The summed E-state index contributed by atoms with van der Waals surface area (Å²) in [7, 11) is 0. The fourth-order valence-electron chi connectivity index (χ4n) is 2.96. The predicted molar refractivity (Wildman–Crippen MR) is 109 cm³/mol. The Balaban J connectivity index is 1.47. The summed E-state index contributed by atoms with van der Waals surface area (Å²) in [6.45, 7) is 4.96. The Hall–Kier alpha value is -2.28. The Kier molecular flexibility index (Phi) is 7.14. The number of benzene rings is 2. The number of nitrogens with zero attached hydrogens (tertiary/aromatic N) is 1. The predicted octanol–water partition coefficient (Wildman–Crippen LogP) is 2.79. The maximum atomic E-state index is 12.2. The molecule has 2 aromatic carbocycles. The number of amides is 1. The summed E-state index contributed by atoms with van der Waals surface area (Å²) >= 11 is 5.84. The van der Waals surface area contributed by atoms with Crippen LogP contribution in [0.15, 0.2) is 48.5 Å². The molecule has 0 spiro atoms. The number of aliphatic hydroxyl groups excluding tert-OH is 1. The summed E-state index contributed by atoms with van der Waals surface area (Å²) < 4.78 is 10.9. The van der Waals surface area contributed by atoms with Gasteiger partial charge >= 0.3 is 0 Å². The third-order valence-corrected chi connectivity index (χ3v) is 4.87. The number of carbonyl (C=O) groups excluding carboxylic acids is 1.